The predicted molar refractivity (Wildman–Crippen MR) is 126 cm³/mol. The Bertz CT molecular complexity index is 997. The molecule has 0 saturated heterocycles. The van der Waals surface area contributed by atoms with Crippen molar-refractivity contribution in [2.75, 3.05) is 13.2 Å². The molecule has 0 aliphatic carbocycles. The first-order chi connectivity index (χ1) is 15.2. The van der Waals surface area contributed by atoms with E-state index in [1.165, 1.54) is 5.56 Å². The molecule has 0 aromatic heterocycles. The number of ether oxygens (including phenoxy) is 1. The van der Waals surface area contributed by atoms with Crippen molar-refractivity contribution in [2.45, 2.75) is 57.9 Å². The fourth-order valence-electron chi connectivity index (χ4n) is 3.47. The summed E-state index contributed by atoms with van der Waals surface area (Å²) in [5, 5.41) is 0. The van der Waals surface area contributed by atoms with Crippen molar-refractivity contribution in [3.8, 4) is 11.5 Å². The van der Waals surface area contributed by atoms with Crippen molar-refractivity contribution in [2.24, 2.45) is 0 Å². The van der Waals surface area contributed by atoms with Crippen molar-refractivity contribution in [1.29, 1.82) is 0 Å². The summed E-state index contributed by atoms with van der Waals surface area (Å²) in [7, 11) is -8.62. The van der Waals surface area contributed by atoms with Crippen LogP contribution >= 0.6 is 7.60 Å². The van der Waals surface area contributed by atoms with Crippen LogP contribution in [0.3, 0.4) is 0 Å². The Morgan fingerprint density at radius 1 is 0.906 bits per heavy atom. The molecule has 1 unspecified atom stereocenters. The van der Waals surface area contributed by atoms with Gasteiger partial charge in [0.05, 0.1) is 13.2 Å². The molecule has 0 saturated carbocycles. The van der Waals surface area contributed by atoms with Gasteiger partial charge in [-0.2, -0.15) is 8.42 Å². The van der Waals surface area contributed by atoms with Gasteiger partial charge in [-0.3, -0.25) is 9.12 Å². The van der Waals surface area contributed by atoms with Crippen LogP contribution in [0.25, 0.3) is 0 Å². The van der Waals surface area contributed by atoms with E-state index in [1.807, 2.05) is 42.5 Å². The summed E-state index contributed by atoms with van der Waals surface area (Å²) in [5.41, 5.74) is 2.15. The predicted octanol–water partition coefficient (Wildman–Crippen LogP) is 6.23. The lowest BCUT2D eigenvalue weighted by molar-refractivity contribution is 0.215. The first kappa shape index (κ1) is 26.6. The summed E-state index contributed by atoms with van der Waals surface area (Å²) in [6.45, 7) is 5.35. The summed E-state index contributed by atoms with van der Waals surface area (Å²) in [6.07, 6.45) is 2.87. The molecule has 9 heteroatoms. The van der Waals surface area contributed by atoms with Gasteiger partial charge in [0.1, 0.15) is 11.5 Å². The van der Waals surface area contributed by atoms with E-state index < -0.39 is 22.7 Å². The monoisotopic (exact) mass is 484 g/mol. The van der Waals surface area contributed by atoms with Crippen molar-refractivity contribution in [3.05, 3.63) is 59.7 Å². The third kappa shape index (κ3) is 8.01. The zero-order chi connectivity index (χ0) is 23.6. The topological polar surface area (TPSA) is 99.1 Å². The molecule has 0 amide bonds. The van der Waals surface area contributed by atoms with Gasteiger partial charge >= 0.3 is 7.60 Å². The molecule has 7 nitrogen and oxygen atoms in total. The van der Waals surface area contributed by atoms with E-state index in [0.29, 0.717) is 18.6 Å². The number of aryl methyl sites for hydroxylation is 2. The SMILES string of the molecule is CCCc1cccc(Oc2cccc(CCCC(P(=O)(OCC)OCC)S(=O)(=O)O)c2)c1. The summed E-state index contributed by atoms with van der Waals surface area (Å²) >= 11 is 0. The van der Waals surface area contributed by atoms with Crippen LogP contribution in [-0.2, 0) is 36.6 Å². The maximum atomic E-state index is 12.9. The molecule has 0 radical (unpaired) electrons. The van der Waals surface area contributed by atoms with Gasteiger partial charge in [0.2, 0.25) is 0 Å². The molecular formula is C23H33O7PS. The maximum absolute atomic E-state index is 12.9. The summed E-state index contributed by atoms with van der Waals surface area (Å²) in [4.78, 5) is -1.62. The average molecular weight is 485 g/mol. The molecular weight excluding hydrogens is 451 g/mol. The Morgan fingerprint density at radius 2 is 1.44 bits per heavy atom. The van der Waals surface area contributed by atoms with Gasteiger partial charge in [-0.25, -0.2) is 0 Å². The molecule has 2 aromatic rings. The third-order valence-corrected chi connectivity index (χ3v) is 9.50. The van der Waals surface area contributed by atoms with Gasteiger partial charge in [0, 0.05) is 0 Å². The van der Waals surface area contributed by atoms with Crippen LogP contribution in [-0.4, -0.2) is 31.2 Å². The second-order valence-electron chi connectivity index (χ2n) is 7.38. The maximum Gasteiger partial charge on any atom is 0.351 e. The van der Waals surface area contributed by atoms with Crippen LogP contribution in [0.15, 0.2) is 48.5 Å². The van der Waals surface area contributed by atoms with Crippen LogP contribution in [0, 0.1) is 0 Å². The molecule has 0 spiro atoms. The molecule has 0 heterocycles. The highest BCUT2D eigenvalue weighted by Crippen LogP contribution is 2.56. The lowest BCUT2D eigenvalue weighted by Gasteiger charge is -2.24. The van der Waals surface area contributed by atoms with Gasteiger partial charge in [-0.1, -0.05) is 37.6 Å². The molecule has 2 rings (SSSR count). The highest BCUT2D eigenvalue weighted by Gasteiger charge is 2.44. The Kier molecular flexibility index (Phi) is 10.4. The number of hydrogen-bond donors (Lipinski definition) is 1. The van der Waals surface area contributed by atoms with Crippen LogP contribution in [0.2, 0.25) is 0 Å². The average Bonchev–Trinajstić information content (AvgIpc) is 2.71. The van der Waals surface area contributed by atoms with Crippen molar-refractivity contribution in [1.82, 2.24) is 0 Å². The van der Waals surface area contributed by atoms with E-state index in [1.54, 1.807) is 13.8 Å². The second kappa shape index (κ2) is 12.5. The largest absolute Gasteiger partial charge is 0.457 e. The zero-order valence-electron chi connectivity index (χ0n) is 18.9. The Hall–Kier alpha value is -1.70. The van der Waals surface area contributed by atoms with Crippen LogP contribution in [0.5, 0.6) is 11.5 Å². The minimum atomic E-state index is -4.62. The smallest absolute Gasteiger partial charge is 0.351 e. The van der Waals surface area contributed by atoms with E-state index in [0.717, 1.165) is 24.2 Å². The first-order valence-electron chi connectivity index (χ1n) is 10.9. The van der Waals surface area contributed by atoms with Gasteiger partial charge in [0.25, 0.3) is 10.1 Å². The van der Waals surface area contributed by atoms with Crippen molar-refractivity contribution >= 4 is 17.7 Å². The first-order valence-corrected chi connectivity index (χ1v) is 14.0. The Labute approximate surface area is 191 Å². The third-order valence-electron chi connectivity index (χ3n) is 4.80. The lowest BCUT2D eigenvalue weighted by atomic mass is 10.1. The second-order valence-corrected chi connectivity index (χ2v) is 11.6. The fourth-order valence-corrected chi connectivity index (χ4v) is 7.23. The molecule has 178 valence electrons. The van der Waals surface area contributed by atoms with Crippen LogP contribution in [0.1, 0.15) is 51.2 Å². The van der Waals surface area contributed by atoms with Crippen LogP contribution < -0.4 is 4.74 Å². The summed E-state index contributed by atoms with van der Waals surface area (Å²) < 4.78 is 62.7. The highest BCUT2D eigenvalue weighted by atomic mass is 32.2. The summed E-state index contributed by atoms with van der Waals surface area (Å²) in [5.74, 6) is 1.44. The molecule has 0 fully saturated rings. The van der Waals surface area contributed by atoms with E-state index >= 15 is 0 Å². The van der Waals surface area contributed by atoms with Gasteiger partial charge in [-0.05, 0) is 74.9 Å². The van der Waals surface area contributed by atoms with Gasteiger partial charge in [-0.15, -0.1) is 0 Å². The van der Waals surface area contributed by atoms with Crippen LogP contribution in [0.4, 0.5) is 0 Å². The van der Waals surface area contributed by atoms with Crippen molar-refractivity contribution in [3.63, 3.8) is 0 Å². The zero-order valence-corrected chi connectivity index (χ0v) is 20.6. The molecule has 0 aliphatic rings. The quantitative estimate of drug-likeness (QED) is 0.250. The molecule has 1 N–H and O–H groups in total. The number of rotatable bonds is 14. The fraction of sp³-hybridized carbons (Fsp3) is 0.478. The minimum Gasteiger partial charge on any atom is -0.457 e. The Balaban J connectivity index is 2.07. The molecule has 2 aromatic carbocycles. The molecule has 1 atom stereocenters. The van der Waals surface area contributed by atoms with Crippen molar-refractivity contribution < 1.29 is 31.3 Å². The number of benzene rings is 2. The molecule has 0 bridgehead atoms. The normalized spacial score (nSPS) is 13.1. The van der Waals surface area contributed by atoms with Gasteiger partial charge in [0.15, 0.2) is 4.99 Å². The van der Waals surface area contributed by atoms with E-state index in [-0.39, 0.29) is 19.6 Å². The van der Waals surface area contributed by atoms with E-state index in [4.69, 9.17) is 13.8 Å². The number of hydrogen-bond acceptors (Lipinski definition) is 6. The molecule has 32 heavy (non-hydrogen) atoms. The van der Waals surface area contributed by atoms with E-state index in [2.05, 4.69) is 13.0 Å². The van der Waals surface area contributed by atoms with Gasteiger partial charge < -0.3 is 13.8 Å². The standard InChI is InChI=1S/C23H33O7PS/c1-4-10-19-11-7-14-21(17-19)30-22-15-8-12-20(18-22)13-9-16-23(32(25,26)27)31(24,28-5-2)29-6-3/h7-8,11-12,14-15,17-18,23H,4-6,9-10,13,16H2,1-3H3,(H,25,26,27). The molecule has 0 aliphatic heterocycles. The highest BCUT2D eigenvalue weighted by molar-refractivity contribution is 7.94. The minimum absolute atomic E-state index is 0.0160. The van der Waals surface area contributed by atoms with E-state index in [9.17, 15) is 17.5 Å². The Morgan fingerprint density at radius 3 is 1.91 bits per heavy atom. The lowest BCUT2D eigenvalue weighted by Crippen LogP contribution is -2.23. The summed E-state index contributed by atoms with van der Waals surface area (Å²) in [6, 6.07) is 15.5.